The highest BCUT2D eigenvalue weighted by Crippen LogP contribution is 2.16. The second kappa shape index (κ2) is 6.43. The Morgan fingerprint density at radius 3 is 2.67 bits per heavy atom. The van der Waals surface area contributed by atoms with Crippen LogP contribution in [-0.4, -0.2) is 26.4 Å². The van der Waals surface area contributed by atoms with Gasteiger partial charge in [-0.2, -0.15) is 0 Å². The van der Waals surface area contributed by atoms with Crippen molar-refractivity contribution in [3.63, 3.8) is 0 Å². The van der Waals surface area contributed by atoms with E-state index in [1.807, 2.05) is 31.2 Å². The first-order valence-electron chi connectivity index (χ1n) is 5.19. The number of hydrogen-bond donors (Lipinski definition) is 1. The van der Waals surface area contributed by atoms with Gasteiger partial charge < -0.3 is 15.2 Å². The van der Waals surface area contributed by atoms with Crippen molar-refractivity contribution in [1.82, 2.24) is 0 Å². The van der Waals surface area contributed by atoms with Crippen LogP contribution in [0.4, 0.5) is 0 Å². The molecule has 0 aliphatic heterocycles. The number of nitrogens with two attached hydrogens (primary N) is 1. The van der Waals surface area contributed by atoms with Gasteiger partial charge in [-0.05, 0) is 31.5 Å². The average molecular weight is 209 g/mol. The van der Waals surface area contributed by atoms with Crippen LogP contribution in [0, 0.1) is 6.92 Å². The monoisotopic (exact) mass is 209 g/mol. The highest BCUT2D eigenvalue weighted by molar-refractivity contribution is 5.31. The Balaban J connectivity index is 2.45. The molecule has 1 atom stereocenters. The van der Waals surface area contributed by atoms with Crippen molar-refractivity contribution in [3.05, 3.63) is 29.8 Å². The van der Waals surface area contributed by atoms with Gasteiger partial charge in [0.05, 0.1) is 6.10 Å². The zero-order valence-corrected chi connectivity index (χ0v) is 9.40. The molecule has 0 spiro atoms. The molecule has 1 aromatic carbocycles. The first kappa shape index (κ1) is 12.0. The lowest BCUT2D eigenvalue weighted by Gasteiger charge is -2.16. The summed E-state index contributed by atoms with van der Waals surface area (Å²) in [7, 11) is 1.68. The molecule has 1 rings (SSSR count). The summed E-state index contributed by atoms with van der Waals surface area (Å²) in [6.45, 7) is 3.20. The summed E-state index contributed by atoms with van der Waals surface area (Å²) in [6.07, 6.45) is 0.900. The maximum absolute atomic E-state index is 5.66. The lowest BCUT2D eigenvalue weighted by atomic mass is 10.2. The van der Waals surface area contributed by atoms with E-state index in [1.54, 1.807) is 7.11 Å². The molecule has 0 aliphatic carbocycles. The number of ether oxygens (including phenoxy) is 2. The molecule has 0 saturated heterocycles. The second-order valence-corrected chi connectivity index (χ2v) is 3.51. The van der Waals surface area contributed by atoms with E-state index in [2.05, 4.69) is 0 Å². The van der Waals surface area contributed by atoms with Crippen LogP contribution in [0.3, 0.4) is 0 Å². The molecule has 0 aromatic heterocycles. The van der Waals surface area contributed by atoms with E-state index in [0.717, 1.165) is 17.7 Å². The van der Waals surface area contributed by atoms with Gasteiger partial charge in [-0.1, -0.05) is 18.2 Å². The van der Waals surface area contributed by atoms with E-state index in [0.29, 0.717) is 13.2 Å². The first-order valence-corrected chi connectivity index (χ1v) is 5.19. The molecule has 0 amide bonds. The zero-order valence-electron chi connectivity index (χ0n) is 9.40. The van der Waals surface area contributed by atoms with E-state index < -0.39 is 0 Å². The highest BCUT2D eigenvalue weighted by Gasteiger charge is 2.07. The highest BCUT2D eigenvalue weighted by atomic mass is 16.5. The van der Waals surface area contributed by atoms with Crippen molar-refractivity contribution in [2.45, 2.75) is 19.4 Å². The van der Waals surface area contributed by atoms with Crippen LogP contribution in [0.15, 0.2) is 24.3 Å². The predicted octanol–water partition coefficient (Wildman–Crippen LogP) is 1.74. The Hall–Kier alpha value is -1.06. The molecule has 0 fully saturated rings. The maximum Gasteiger partial charge on any atom is 0.122 e. The Labute approximate surface area is 91.2 Å². The molecule has 0 radical (unpaired) electrons. The Kier molecular flexibility index (Phi) is 5.15. The minimum atomic E-state index is 0.0783. The standard InChI is InChI=1S/C12H19NO2/c1-10-5-3-4-6-12(10)15-9-11(14-2)7-8-13/h3-6,11H,7-9,13H2,1-2H3. The number of hydrogen-bond acceptors (Lipinski definition) is 3. The number of rotatable bonds is 6. The molecule has 1 aromatic rings. The molecular weight excluding hydrogens is 190 g/mol. The van der Waals surface area contributed by atoms with Crippen LogP contribution >= 0.6 is 0 Å². The Morgan fingerprint density at radius 1 is 1.33 bits per heavy atom. The second-order valence-electron chi connectivity index (χ2n) is 3.51. The van der Waals surface area contributed by atoms with Crippen LogP contribution in [0.25, 0.3) is 0 Å². The summed E-state index contributed by atoms with van der Waals surface area (Å²) in [5.41, 5.74) is 6.61. The third-order valence-corrected chi connectivity index (χ3v) is 2.34. The molecular formula is C12H19NO2. The number of benzene rings is 1. The van der Waals surface area contributed by atoms with Crippen molar-refractivity contribution in [1.29, 1.82) is 0 Å². The lowest BCUT2D eigenvalue weighted by molar-refractivity contribution is 0.0536. The first-order chi connectivity index (χ1) is 7.27. The molecule has 0 saturated carbocycles. The van der Waals surface area contributed by atoms with Gasteiger partial charge in [0.15, 0.2) is 0 Å². The van der Waals surface area contributed by atoms with Gasteiger partial charge in [0.25, 0.3) is 0 Å². The summed E-state index contributed by atoms with van der Waals surface area (Å²) >= 11 is 0. The van der Waals surface area contributed by atoms with E-state index in [1.165, 1.54) is 0 Å². The molecule has 0 aliphatic rings. The average Bonchev–Trinajstić information content (AvgIpc) is 2.26. The van der Waals surface area contributed by atoms with Gasteiger partial charge in [0.1, 0.15) is 12.4 Å². The molecule has 15 heavy (non-hydrogen) atoms. The van der Waals surface area contributed by atoms with Crippen molar-refractivity contribution < 1.29 is 9.47 Å². The fraction of sp³-hybridized carbons (Fsp3) is 0.500. The molecule has 0 heterocycles. The Morgan fingerprint density at radius 2 is 2.07 bits per heavy atom. The van der Waals surface area contributed by atoms with E-state index in [-0.39, 0.29) is 6.10 Å². The van der Waals surface area contributed by atoms with E-state index in [4.69, 9.17) is 15.2 Å². The zero-order chi connectivity index (χ0) is 11.1. The van der Waals surface area contributed by atoms with Crippen LogP contribution in [-0.2, 0) is 4.74 Å². The van der Waals surface area contributed by atoms with Gasteiger partial charge in [0, 0.05) is 7.11 Å². The van der Waals surface area contributed by atoms with Gasteiger partial charge in [-0.25, -0.2) is 0 Å². The molecule has 2 N–H and O–H groups in total. The number of aryl methyl sites for hydroxylation is 1. The SMILES string of the molecule is COC(CCN)COc1ccccc1C. The lowest BCUT2D eigenvalue weighted by Crippen LogP contribution is -2.23. The van der Waals surface area contributed by atoms with Crippen molar-refractivity contribution >= 4 is 0 Å². The van der Waals surface area contributed by atoms with E-state index >= 15 is 0 Å². The van der Waals surface area contributed by atoms with Crippen LogP contribution in [0.2, 0.25) is 0 Å². The van der Waals surface area contributed by atoms with Crippen molar-refractivity contribution in [3.8, 4) is 5.75 Å². The molecule has 84 valence electrons. The summed E-state index contributed by atoms with van der Waals surface area (Å²) in [6, 6.07) is 7.95. The normalized spacial score (nSPS) is 12.5. The molecule has 1 unspecified atom stereocenters. The smallest absolute Gasteiger partial charge is 0.122 e. The minimum Gasteiger partial charge on any atom is -0.491 e. The van der Waals surface area contributed by atoms with Gasteiger partial charge in [-0.3, -0.25) is 0 Å². The quantitative estimate of drug-likeness (QED) is 0.776. The third kappa shape index (κ3) is 3.90. The predicted molar refractivity (Wildman–Crippen MR) is 61.1 cm³/mol. The summed E-state index contributed by atoms with van der Waals surface area (Å²) in [5, 5.41) is 0. The summed E-state index contributed by atoms with van der Waals surface area (Å²) < 4.78 is 10.9. The molecule has 3 heteroatoms. The maximum atomic E-state index is 5.66. The van der Waals surface area contributed by atoms with Crippen molar-refractivity contribution in [2.75, 3.05) is 20.3 Å². The largest absolute Gasteiger partial charge is 0.491 e. The fourth-order valence-corrected chi connectivity index (χ4v) is 1.36. The topological polar surface area (TPSA) is 44.5 Å². The van der Waals surface area contributed by atoms with Crippen LogP contribution < -0.4 is 10.5 Å². The van der Waals surface area contributed by atoms with Gasteiger partial charge >= 0.3 is 0 Å². The Bertz CT molecular complexity index is 289. The van der Waals surface area contributed by atoms with Crippen LogP contribution in [0.5, 0.6) is 5.75 Å². The summed E-state index contributed by atoms with van der Waals surface area (Å²) in [5.74, 6) is 0.913. The van der Waals surface area contributed by atoms with Gasteiger partial charge in [-0.15, -0.1) is 0 Å². The third-order valence-electron chi connectivity index (χ3n) is 2.34. The van der Waals surface area contributed by atoms with Crippen LogP contribution in [0.1, 0.15) is 12.0 Å². The van der Waals surface area contributed by atoms with Crippen molar-refractivity contribution in [2.24, 2.45) is 5.73 Å². The number of methoxy groups -OCH3 is 1. The van der Waals surface area contributed by atoms with Gasteiger partial charge in [0.2, 0.25) is 0 Å². The minimum absolute atomic E-state index is 0.0783. The number of para-hydroxylation sites is 1. The summed E-state index contributed by atoms with van der Waals surface area (Å²) in [4.78, 5) is 0. The molecule has 0 bridgehead atoms. The van der Waals surface area contributed by atoms with E-state index in [9.17, 15) is 0 Å². The fourth-order valence-electron chi connectivity index (χ4n) is 1.36. The molecule has 3 nitrogen and oxygen atoms in total.